The van der Waals surface area contributed by atoms with Crippen LogP contribution in [0.25, 0.3) is 0 Å². The second-order valence-corrected chi connectivity index (χ2v) is 6.32. The van der Waals surface area contributed by atoms with Gasteiger partial charge in [-0.05, 0) is 63.3 Å². The van der Waals surface area contributed by atoms with Crippen molar-refractivity contribution in [1.29, 1.82) is 0 Å². The summed E-state index contributed by atoms with van der Waals surface area (Å²) in [5.74, 6) is 0.0223. The lowest BCUT2D eigenvalue weighted by Gasteiger charge is -2.09. The van der Waals surface area contributed by atoms with Crippen LogP contribution in [0.5, 0.6) is 0 Å². The van der Waals surface area contributed by atoms with Crippen LogP contribution in [-0.2, 0) is 6.42 Å². The molecule has 0 radical (unpaired) electrons. The molecule has 2 aromatic rings. The van der Waals surface area contributed by atoms with Gasteiger partial charge in [0.1, 0.15) is 0 Å². The molecule has 1 saturated carbocycles. The van der Waals surface area contributed by atoms with E-state index in [1.165, 1.54) is 29.8 Å². The van der Waals surface area contributed by atoms with E-state index in [1.807, 2.05) is 31.2 Å². The number of carbonyl (C=O) groups excluding carboxylic acids is 1. The lowest BCUT2D eigenvalue weighted by Crippen LogP contribution is -2.26. The molecule has 1 heterocycles. The highest BCUT2D eigenvalue weighted by molar-refractivity contribution is 5.95. The van der Waals surface area contributed by atoms with Crippen LogP contribution in [-0.4, -0.2) is 17.0 Å². The Morgan fingerprint density at radius 2 is 1.95 bits per heavy atom. The maximum absolute atomic E-state index is 12.2. The highest BCUT2D eigenvalue weighted by atomic mass is 16.1. The molecule has 1 aromatic carbocycles. The lowest BCUT2D eigenvalue weighted by molar-refractivity contribution is 0.0953. The Balaban J connectivity index is 1.61. The monoisotopic (exact) mass is 296 g/mol. The van der Waals surface area contributed by atoms with Crippen molar-refractivity contribution in [2.24, 2.45) is 0 Å². The molecule has 1 aliphatic rings. The summed E-state index contributed by atoms with van der Waals surface area (Å²) in [6.45, 7) is 7.03. The fourth-order valence-corrected chi connectivity index (χ4v) is 3.23. The van der Waals surface area contributed by atoms with Gasteiger partial charge in [-0.15, -0.1) is 0 Å². The van der Waals surface area contributed by atoms with Crippen molar-refractivity contribution in [2.45, 2.75) is 46.1 Å². The van der Waals surface area contributed by atoms with E-state index >= 15 is 0 Å². The van der Waals surface area contributed by atoms with Crippen LogP contribution in [0.4, 0.5) is 0 Å². The summed E-state index contributed by atoms with van der Waals surface area (Å²) >= 11 is 0. The standard InChI is InChI=1S/C19H24N2O/c1-13-6-4-5-7-18(13)19(22)20-11-10-16-12-14(2)21(15(16)3)17-8-9-17/h4-7,12,17H,8-11H2,1-3H3,(H,20,22). The van der Waals surface area contributed by atoms with Gasteiger partial charge in [-0.3, -0.25) is 4.79 Å². The largest absolute Gasteiger partial charge is 0.352 e. The van der Waals surface area contributed by atoms with E-state index in [4.69, 9.17) is 0 Å². The minimum Gasteiger partial charge on any atom is -0.352 e. The number of rotatable bonds is 5. The van der Waals surface area contributed by atoms with E-state index in [2.05, 4.69) is 29.8 Å². The van der Waals surface area contributed by atoms with E-state index < -0.39 is 0 Å². The summed E-state index contributed by atoms with van der Waals surface area (Å²) in [6.07, 6.45) is 3.50. The van der Waals surface area contributed by atoms with Crippen LogP contribution in [0.1, 0.15) is 51.8 Å². The molecular formula is C19H24N2O. The Bertz CT molecular complexity index is 695. The summed E-state index contributed by atoms with van der Waals surface area (Å²) in [4.78, 5) is 12.2. The molecule has 0 saturated heterocycles. The summed E-state index contributed by atoms with van der Waals surface area (Å²) in [7, 11) is 0. The van der Waals surface area contributed by atoms with Gasteiger partial charge < -0.3 is 9.88 Å². The van der Waals surface area contributed by atoms with Crippen LogP contribution >= 0.6 is 0 Å². The Morgan fingerprint density at radius 3 is 2.64 bits per heavy atom. The molecule has 1 amide bonds. The molecule has 0 unspecified atom stereocenters. The third kappa shape index (κ3) is 2.94. The van der Waals surface area contributed by atoms with Gasteiger partial charge in [0.05, 0.1) is 0 Å². The maximum Gasteiger partial charge on any atom is 0.251 e. The molecule has 22 heavy (non-hydrogen) atoms. The highest BCUT2D eigenvalue weighted by Gasteiger charge is 2.26. The van der Waals surface area contributed by atoms with Crippen molar-refractivity contribution < 1.29 is 4.79 Å². The molecule has 0 bridgehead atoms. The van der Waals surface area contributed by atoms with Gasteiger partial charge in [0, 0.05) is 29.5 Å². The number of benzene rings is 1. The van der Waals surface area contributed by atoms with E-state index in [0.717, 1.165) is 23.6 Å². The molecule has 0 aliphatic heterocycles. The molecule has 3 nitrogen and oxygen atoms in total. The molecule has 1 aromatic heterocycles. The number of nitrogens with one attached hydrogen (secondary N) is 1. The molecule has 116 valence electrons. The summed E-state index contributed by atoms with van der Waals surface area (Å²) in [6, 6.07) is 10.7. The average Bonchev–Trinajstić information content (AvgIpc) is 3.27. The number of hydrogen-bond acceptors (Lipinski definition) is 1. The van der Waals surface area contributed by atoms with Crippen LogP contribution in [0.2, 0.25) is 0 Å². The van der Waals surface area contributed by atoms with Gasteiger partial charge in [0.2, 0.25) is 0 Å². The van der Waals surface area contributed by atoms with Crippen molar-refractivity contribution >= 4 is 5.91 Å². The molecule has 3 rings (SSSR count). The summed E-state index contributed by atoms with van der Waals surface area (Å²) in [5.41, 5.74) is 5.86. The zero-order valence-corrected chi connectivity index (χ0v) is 13.6. The molecular weight excluding hydrogens is 272 g/mol. The topological polar surface area (TPSA) is 34.0 Å². The van der Waals surface area contributed by atoms with Gasteiger partial charge in [0.25, 0.3) is 5.91 Å². The predicted octanol–water partition coefficient (Wildman–Crippen LogP) is 3.72. The second-order valence-electron chi connectivity index (χ2n) is 6.32. The number of amides is 1. The molecule has 1 aliphatic carbocycles. The first-order valence-corrected chi connectivity index (χ1v) is 8.09. The van der Waals surface area contributed by atoms with Crippen LogP contribution in [0.3, 0.4) is 0 Å². The maximum atomic E-state index is 12.2. The number of nitrogens with zero attached hydrogens (tertiary/aromatic N) is 1. The highest BCUT2D eigenvalue weighted by Crippen LogP contribution is 2.38. The SMILES string of the molecule is Cc1ccccc1C(=O)NCCc1cc(C)n(C2CC2)c1C. The van der Waals surface area contributed by atoms with Crippen molar-refractivity contribution in [3.05, 3.63) is 58.4 Å². The van der Waals surface area contributed by atoms with Crippen LogP contribution in [0, 0.1) is 20.8 Å². The van der Waals surface area contributed by atoms with Gasteiger partial charge in [-0.1, -0.05) is 18.2 Å². The first-order chi connectivity index (χ1) is 10.6. The lowest BCUT2D eigenvalue weighted by atomic mass is 10.1. The molecule has 3 heteroatoms. The number of hydrogen-bond donors (Lipinski definition) is 1. The molecule has 0 spiro atoms. The van der Waals surface area contributed by atoms with Gasteiger partial charge >= 0.3 is 0 Å². The average molecular weight is 296 g/mol. The van der Waals surface area contributed by atoms with Crippen LogP contribution in [0.15, 0.2) is 30.3 Å². The summed E-state index contributed by atoms with van der Waals surface area (Å²) in [5, 5.41) is 3.04. The van der Waals surface area contributed by atoms with E-state index in [1.54, 1.807) is 0 Å². The Kier molecular flexibility index (Phi) is 4.06. The van der Waals surface area contributed by atoms with Gasteiger partial charge in [-0.2, -0.15) is 0 Å². The van der Waals surface area contributed by atoms with E-state index in [9.17, 15) is 4.79 Å². The first-order valence-electron chi connectivity index (χ1n) is 8.09. The molecule has 0 atom stereocenters. The van der Waals surface area contributed by atoms with Crippen molar-refractivity contribution in [3.63, 3.8) is 0 Å². The smallest absolute Gasteiger partial charge is 0.251 e. The fraction of sp³-hybridized carbons (Fsp3) is 0.421. The predicted molar refractivity (Wildman–Crippen MR) is 89.4 cm³/mol. The van der Waals surface area contributed by atoms with Crippen molar-refractivity contribution in [1.82, 2.24) is 9.88 Å². The number of carbonyl (C=O) groups is 1. The Labute approximate surface area is 132 Å². The number of aromatic nitrogens is 1. The van der Waals surface area contributed by atoms with E-state index in [0.29, 0.717) is 6.54 Å². The van der Waals surface area contributed by atoms with Gasteiger partial charge in [0.15, 0.2) is 0 Å². The minimum atomic E-state index is 0.0223. The number of aryl methyl sites for hydroxylation is 2. The minimum absolute atomic E-state index is 0.0223. The Hall–Kier alpha value is -2.03. The van der Waals surface area contributed by atoms with E-state index in [-0.39, 0.29) is 5.91 Å². The zero-order valence-electron chi connectivity index (χ0n) is 13.6. The van der Waals surface area contributed by atoms with Crippen LogP contribution < -0.4 is 5.32 Å². The molecule has 1 fully saturated rings. The fourth-order valence-electron chi connectivity index (χ4n) is 3.23. The third-order valence-electron chi connectivity index (χ3n) is 4.57. The zero-order chi connectivity index (χ0) is 15.7. The Morgan fingerprint density at radius 1 is 1.23 bits per heavy atom. The summed E-state index contributed by atoms with van der Waals surface area (Å²) < 4.78 is 2.46. The molecule has 1 N–H and O–H groups in total. The van der Waals surface area contributed by atoms with Gasteiger partial charge in [-0.25, -0.2) is 0 Å². The quantitative estimate of drug-likeness (QED) is 0.896. The third-order valence-corrected chi connectivity index (χ3v) is 4.57. The second kappa shape index (κ2) is 5.99. The normalized spacial score (nSPS) is 14.1. The van der Waals surface area contributed by atoms with Crippen molar-refractivity contribution in [2.75, 3.05) is 6.54 Å². The van der Waals surface area contributed by atoms with Crippen molar-refractivity contribution in [3.8, 4) is 0 Å². The first kappa shape index (κ1) is 14.9.